The zero-order valence-corrected chi connectivity index (χ0v) is 12.3. The number of anilines is 2. The van der Waals surface area contributed by atoms with Crippen LogP contribution in [-0.4, -0.2) is 6.61 Å². The van der Waals surface area contributed by atoms with Crippen LogP contribution in [0.4, 0.5) is 24.5 Å². The number of halogens is 4. The summed E-state index contributed by atoms with van der Waals surface area (Å²) in [4.78, 5) is 0. The van der Waals surface area contributed by atoms with Crippen molar-refractivity contribution in [1.29, 1.82) is 0 Å². The van der Waals surface area contributed by atoms with Crippen molar-refractivity contribution in [3.63, 3.8) is 0 Å². The highest BCUT2D eigenvalue weighted by Gasteiger charge is 2.13. The summed E-state index contributed by atoms with van der Waals surface area (Å²) in [6, 6.07) is 9.55. The summed E-state index contributed by atoms with van der Waals surface area (Å²) >= 11 is 3.39. The minimum absolute atomic E-state index is 0.112. The quantitative estimate of drug-likeness (QED) is 0.777. The Bertz CT molecular complexity index is 638. The van der Waals surface area contributed by atoms with Gasteiger partial charge in [-0.1, -0.05) is 34.1 Å². The molecule has 0 aromatic heterocycles. The Kier molecular flexibility index (Phi) is 4.95. The summed E-state index contributed by atoms with van der Waals surface area (Å²) in [7, 11) is 0. The molecule has 0 aliphatic heterocycles. The summed E-state index contributed by atoms with van der Waals surface area (Å²) < 4.78 is 42.8. The van der Waals surface area contributed by atoms with Crippen molar-refractivity contribution in [2.75, 3.05) is 11.1 Å². The van der Waals surface area contributed by atoms with Gasteiger partial charge in [-0.2, -0.15) is 8.78 Å². The third-order valence-electron chi connectivity index (χ3n) is 2.75. The Hall–Kier alpha value is -1.89. The van der Waals surface area contributed by atoms with Crippen LogP contribution in [0.3, 0.4) is 0 Å². The molecular weight excluding hydrogens is 349 g/mol. The lowest BCUT2D eigenvalue weighted by Gasteiger charge is -2.13. The lowest BCUT2D eigenvalue weighted by Crippen LogP contribution is -2.07. The first-order valence-corrected chi connectivity index (χ1v) is 6.78. The molecule has 2 aromatic carbocycles. The molecule has 0 saturated heterocycles. The van der Waals surface area contributed by atoms with E-state index in [9.17, 15) is 13.2 Å². The van der Waals surface area contributed by atoms with Gasteiger partial charge in [-0.15, -0.1) is 0 Å². The van der Waals surface area contributed by atoms with Crippen LogP contribution in [0, 0.1) is 5.82 Å². The van der Waals surface area contributed by atoms with Gasteiger partial charge < -0.3 is 15.8 Å². The smallest absolute Gasteiger partial charge is 0.387 e. The fourth-order valence-electron chi connectivity index (χ4n) is 1.74. The van der Waals surface area contributed by atoms with Crippen LogP contribution < -0.4 is 15.8 Å². The number of rotatable bonds is 5. The van der Waals surface area contributed by atoms with Gasteiger partial charge in [0.1, 0.15) is 0 Å². The van der Waals surface area contributed by atoms with Gasteiger partial charge >= 0.3 is 6.61 Å². The molecular formula is C14H12BrF3N2O. The van der Waals surface area contributed by atoms with E-state index in [1.54, 1.807) is 0 Å². The van der Waals surface area contributed by atoms with Gasteiger partial charge in [0.15, 0.2) is 11.6 Å². The van der Waals surface area contributed by atoms with Crippen LogP contribution >= 0.6 is 15.9 Å². The number of ether oxygens (including phenoxy) is 1. The van der Waals surface area contributed by atoms with E-state index in [2.05, 4.69) is 26.0 Å². The largest absolute Gasteiger partial charge is 0.432 e. The summed E-state index contributed by atoms with van der Waals surface area (Å²) in [6.45, 7) is -2.70. The van der Waals surface area contributed by atoms with Crippen LogP contribution in [0.2, 0.25) is 0 Å². The number of nitrogens with two attached hydrogens (primary N) is 1. The monoisotopic (exact) mass is 360 g/mol. The molecule has 3 N–H and O–H groups in total. The standard InChI is InChI=1S/C14H12BrF3N2O/c15-9-4-2-1-3-8(9)7-20-12-6-13(21-14(17)18)10(16)5-11(12)19/h1-6,14,20H,7,19H2. The maximum atomic E-state index is 13.4. The Morgan fingerprint density at radius 1 is 1.24 bits per heavy atom. The van der Waals surface area contributed by atoms with Gasteiger partial charge in [0.2, 0.25) is 0 Å². The lowest BCUT2D eigenvalue weighted by atomic mass is 10.2. The minimum atomic E-state index is -3.10. The van der Waals surface area contributed by atoms with Crippen molar-refractivity contribution in [3.8, 4) is 5.75 Å². The van der Waals surface area contributed by atoms with Gasteiger partial charge in [0.25, 0.3) is 0 Å². The Morgan fingerprint density at radius 3 is 2.62 bits per heavy atom. The second-order valence-corrected chi connectivity index (χ2v) is 5.05. The van der Waals surface area contributed by atoms with Gasteiger partial charge in [-0.3, -0.25) is 0 Å². The van der Waals surface area contributed by atoms with E-state index in [4.69, 9.17) is 5.73 Å². The van der Waals surface area contributed by atoms with Crippen LogP contribution in [0.25, 0.3) is 0 Å². The predicted octanol–water partition coefficient (Wildman–Crippen LogP) is 4.38. The van der Waals surface area contributed by atoms with Gasteiger partial charge in [0.05, 0.1) is 11.4 Å². The van der Waals surface area contributed by atoms with Gasteiger partial charge in [0, 0.05) is 23.2 Å². The zero-order chi connectivity index (χ0) is 15.4. The van der Waals surface area contributed by atoms with Crippen molar-refractivity contribution >= 4 is 27.3 Å². The number of nitrogens with one attached hydrogen (secondary N) is 1. The Labute approximate surface area is 128 Å². The van der Waals surface area contributed by atoms with E-state index in [1.807, 2.05) is 24.3 Å². The first-order valence-electron chi connectivity index (χ1n) is 5.98. The molecule has 112 valence electrons. The first-order chi connectivity index (χ1) is 9.97. The average molecular weight is 361 g/mol. The molecule has 7 heteroatoms. The topological polar surface area (TPSA) is 47.3 Å². The fraction of sp³-hybridized carbons (Fsp3) is 0.143. The highest BCUT2D eigenvalue weighted by atomic mass is 79.9. The molecule has 0 aliphatic rings. The maximum absolute atomic E-state index is 13.4. The normalized spacial score (nSPS) is 10.7. The second kappa shape index (κ2) is 6.71. The number of benzene rings is 2. The van der Waals surface area contributed by atoms with Crippen molar-refractivity contribution < 1.29 is 17.9 Å². The second-order valence-electron chi connectivity index (χ2n) is 4.19. The van der Waals surface area contributed by atoms with Gasteiger partial charge in [-0.05, 0) is 11.6 Å². The number of alkyl halides is 2. The molecule has 0 bridgehead atoms. The van der Waals surface area contributed by atoms with E-state index in [1.165, 1.54) is 0 Å². The summed E-state index contributed by atoms with van der Waals surface area (Å²) in [6.07, 6.45) is 0. The molecule has 0 amide bonds. The van der Waals surface area contributed by atoms with Crippen molar-refractivity contribution in [3.05, 3.63) is 52.3 Å². The molecule has 0 heterocycles. The number of nitrogen functional groups attached to an aromatic ring is 1. The molecule has 2 rings (SSSR count). The zero-order valence-electron chi connectivity index (χ0n) is 10.7. The molecule has 0 aliphatic carbocycles. The van der Waals surface area contributed by atoms with Crippen molar-refractivity contribution in [2.45, 2.75) is 13.2 Å². The van der Waals surface area contributed by atoms with E-state index in [0.717, 1.165) is 22.2 Å². The summed E-state index contributed by atoms with van der Waals surface area (Å²) in [5, 5.41) is 2.96. The maximum Gasteiger partial charge on any atom is 0.387 e. The minimum Gasteiger partial charge on any atom is -0.432 e. The molecule has 0 unspecified atom stereocenters. The van der Waals surface area contributed by atoms with Gasteiger partial charge in [-0.25, -0.2) is 4.39 Å². The van der Waals surface area contributed by atoms with E-state index >= 15 is 0 Å². The highest BCUT2D eigenvalue weighted by Crippen LogP contribution is 2.30. The molecule has 2 aromatic rings. The lowest BCUT2D eigenvalue weighted by molar-refractivity contribution is -0.0521. The molecule has 3 nitrogen and oxygen atoms in total. The third-order valence-corrected chi connectivity index (χ3v) is 3.52. The number of hydrogen-bond acceptors (Lipinski definition) is 3. The van der Waals surface area contributed by atoms with Crippen LogP contribution in [0.1, 0.15) is 5.56 Å². The first kappa shape index (κ1) is 15.5. The Morgan fingerprint density at radius 2 is 1.95 bits per heavy atom. The molecule has 21 heavy (non-hydrogen) atoms. The molecule has 0 saturated carbocycles. The highest BCUT2D eigenvalue weighted by molar-refractivity contribution is 9.10. The summed E-state index contributed by atoms with van der Waals surface area (Å²) in [5.41, 5.74) is 7.04. The van der Waals surface area contributed by atoms with E-state index < -0.39 is 18.2 Å². The van der Waals surface area contributed by atoms with Crippen molar-refractivity contribution in [1.82, 2.24) is 0 Å². The summed E-state index contributed by atoms with van der Waals surface area (Å²) in [5.74, 6) is -1.48. The van der Waals surface area contributed by atoms with Crippen LogP contribution in [0.15, 0.2) is 40.9 Å². The molecule has 0 radical (unpaired) electrons. The molecule has 0 atom stereocenters. The Balaban J connectivity index is 2.18. The predicted molar refractivity (Wildman–Crippen MR) is 78.9 cm³/mol. The van der Waals surface area contributed by atoms with Crippen LogP contribution in [-0.2, 0) is 6.54 Å². The van der Waals surface area contributed by atoms with E-state index in [0.29, 0.717) is 12.2 Å². The molecule has 0 spiro atoms. The van der Waals surface area contributed by atoms with Crippen molar-refractivity contribution in [2.24, 2.45) is 0 Å². The average Bonchev–Trinajstić information content (AvgIpc) is 2.41. The fourth-order valence-corrected chi connectivity index (χ4v) is 2.17. The molecule has 0 fully saturated rings. The van der Waals surface area contributed by atoms with Crippen LogP contribution in [0.5, 0.6) is 5.75 Å². The van der Waals surface area contributed by atoms with E-state index in [-0.39, 0.29) is 5.69 Å². The SMILES string of the molecule is Nc1cc(F)c(OC(F)F)cc1NCc1ccccc1Br. The number of hydrogen-bond donors (Lipinski definition) is 2. The third kappa shape index (κ3) is 4.04.